The first-order valence-electron chi connectivity index (χ1n) is 39.6. The second-order valence-corrected chi connectivity index (χ2v) is 54.1. The average Bonchev–Trinajstić information content (AvgIpc) is 1.55. The number of hydrogen-bond acceptors (Lipinski definition) is 9. The summed E-state index contributed by atoms with van der Waals surface area (Å²) in [6, 6.07) is 20.0. The molecule has 9 nitrogen and oxygen atoms in total. The van der Waals surface area contributed by atoms with Crippen LogP contribution in [0, 0.1) is 33.5 Å². The largest absolute Gasteiger partial charge is 0.429 e. The molecule has 626 valence electrons. The van der Waals surface area contributed by atoms with E-state index in [0.717, 1.165) is 110 Å². The van der Waals surface area contributed by atoms with Gasteiger partial charge in [0.25, 0.3) is 11.2 Å². The van der Waals surface area contributed by atoms with Crippen molar-refractivity contribution in [2.24, 2.45) is 33.5 Å². The quantitative estimate of drug-likeness (QED) is 0.0544. The number of benzene rings is 2. The summed E-state index contributed by atoms with van der Waals surface area (Å²) in [5.41, 5.74) is -4.87. The van der Waals surface area contributed by atoms with Gasteiger partial charge in [0.05, 0.1) is 24.4 Å². The van der Waals surface area contributed by atoms with Crippen LogP contribution >= 0.6 is 7.14 Å². The van der Waals surface area contributed by atoms with Gasteiger partial charge in [-0.25, -0.2) is 0 Å². The fraction of sp³-hybridized carbons (Fsp3) is 0.686. The lowest BCUT2D eigenvalue weighted by Gasteiger charge is -2.45. The molecule has 25 heteroatoms. The van der Waals surface area contributed by atoms with Gasteiger partial charge < -0.3 is 37.9 Å². The highest BCUT2D eigenvalue weighted by atomic mass is 31.2. The zero-order chi connectivity index (χ0) is 82.0. The Labute approximate surface area is 656 Å². The number of carbonyl (C=O) groups excluding carboxylic acids is 1. The number of hydrogen-bond donors (Lipinski definition) is 3. The molecule has 1 aliphatic heterocycles. The van der Waals surface area contributed by atoms with Crippen molar-refractivity contribution in [1.82, 2.24) is 0 Å². The van der Waals surface area contributed by atoms with Crippen molar-refractivity contribution in [3.05, 3.63) is 143 Å². The first-order chi connectivity index (χ1) is 50.5. The Morgan fingerprint density at radius 2 is 0.973 bits per heavy atom. The van der Waals surface area contributed by atoms with E-state index in [1.165, 1.54) is 43.6 Å². The Kier molecular flexibility index (Phi) is 30.0. The number of fused-ring (bicyclic) bond motifs is 2. The SMILES string of the molecule is C.C1CCOC1.CC(C)(C)[Si](C)(C)OC1CC(=CCP(=O)(c2ccccc2)c2ccccc2)C[C@@H](O[Si](C)(C)C(C)(C)C)C1.C[C@]12CCC/C(=C\C=C3CC(O)C[C@H](O)C3)C1CC=C2C1(C/C=C\C(O)(C(F)(F)F)C(F)(F)F)CC1.C[C@]12CCCC(=O)C1CC=C2C1(C/C=C\C(O[Si](C)(C)C)(C(F)(F)F)C(F)(F)F)CC1. The Morgan fingerprint density at radius 3 is 1.37 bits per heavy atom. The number of halogens is 12. The molecule has 2 aromatic carbocycles. The molecular weight excluding hydrogens is 1520 g/mol. The monoisotopic (exact) mass is 1650 g/mol. The van der Waals surface area contributed by atoms with E-state index in [1.54, 1.807) is 0 Å². The van der Waals surface area contributed by atoms with Crippen molar-refractivity contribution in [3.8, 4) is 0 Å². The molecule has 11 rings (SSSR count). The summed E-state index contributed by atoms with van der Waals surface area (Å²) in [5, 5.41) is 31.5. The van der Waals surface area contributed by atoms with Gasteiger partial charge in [0.15, 0.2) is 25.0 Å². The van der Waals surface area contributed by atoms with Crippen LogP contribution in [0.2, 0.25) is 55.9 Å². The van der Waals surface area contributed by atoms with Gasteiger partial charge in [0.2, 0.25) is 0 Å². The smallest absolute Gasteiger partial charge is 0.414 e. The minimum absolute atomic E-state index is 0. The third-order valence-electron chi connectivity index (χ3n) is 25.7. The predicted octanol–water partition coefficient (Wildman–Crippen LogP) is 23.9. The maximum Gasteiger partial charge on any atom is 0.429 e. The molecule has 1 saturated heterocycles. The van der Waals surface area contributed by atoms with Crippen LogP contribution in [0.15, 0.2) is 143 Å². The van der Waals surface area contributed by atoms with E-state index in [-0.39, 0.29) is 83.2 Å². The molecule has 2 aromatic rings. The van der Waals surface area contributed by atoms with Gasteiger partial charge in [-0.15, -0.1) is 0 Å². The lowest BCUT2D eigenvalue weighted by Crippen LogP contribution is -2.61. The van der Waals surface area contributed by atoms with Gasteiger partial charge in [-0.3, -0.25) is 4.79 Å². The summed E-state index contributed by atoms with van der Waals surface area (Å²) in [6.07, 6.45) is 5.05. The highest BCUT2D eigenvalue weighted by Gasteiger charge is 2.72. The molecule has 9 aliphatic rings. The molecule has 0 spiro atoms. The zero-order valence-electron chi connectivity index (χ0n) is 67.4. The molecule has 0 amide bonds. The molecule has 111 heavy (non-hydrogen) atoms. The minimum Gasteiger partial charge on any atom is -0.414 e. The summed E-state index contributed by atoms with van der Waals surface area (Å²) in [6.45, 7) is 33.3. The lowest BCUT2D eigenvalue weighted by atomic mass is 9.61. The predicted molar refractivity (Wildman–Crippen MR) is 428 cm³/mol. The Balaban J connectivity index is 0.000000223. The number of ketones is 1. The Morgan fingerprint density at radius 1 is 0.550 bits per heavy atom. The Hall–Kier alpha value is -3.95. The van der Waals surface area contributed by atoms with E-state index in [0.29, 0.717) is 63.9 Å². The normalized spacial score (nSPS) is 27.9. The summed E-state index contributed by atoms with van der Waals surface area (Å²) in [7, 11) is -9.88. The molecule has 1 heterocycles. The van der Waals surface area contributed by atoms with Gasteiger partial charge >= 0.3 is 24.7 Å². The fourth-order valence-corrected chi connectivity index (χ4v) is 23.9. The third-order valence-corrected chi connectivity index (χ3v) is 38.6. The van der Waals surface area contributed by atoms with Crippen LogP contribution in [0.1, 0.15) is 204 Å². The summed E-state index contributed by atoms with van der Waals surface area (Å²) >= 11 is 0. The number of aliphatic hydroxyl groups is 3. The molecule has 7 fully saturated rings. The van der Waals surface area contributed by atoms with Crippen LogP contribution in [-0.2, 0) is 27.4 Å². The molecule has 8 atom stereocenters. The maximum atomic E-state index is 14.6. The summed E-state index contributed by atoms with van der Waals surface area (Å²) in [5.74, 6) is 0.306. The topological polar surface area (TPSA) is 132 Å². The van der Waals surface area contributed by atoms with Crippen LogP contribution in [0.25, 0.3) is 0 Å². The lowest BCUT2D eigenvalue weighted by molar-refractivity contribution is -0.347. The van der Waals surface area contributed by atoms with Gasteiger partial charge in [0, 0.05) is 42.3 Å². The molecule has 0 radical (unpaired) electrons. The Bertz CT molecular complexity index is 3600. The van der Waals surface area contributed by atoms with Crippen LogP contribution in [-0.4, -0.2) is 126 Å². The number of allylic oxidation sites excluding steroid dienone is 10. The molecule has 0 bridgehead atoms. The molecule has 8 aliphatic carbocycles. The minimum atomic E-state index is -5.86. The van der Waals surface area contributed by atoms with Gasteiger partial charge in [0.1, 0.15) is 12.9 Å². The molecule has 0 aromatic heterocycles. The van der Waals surface area contributed by atoms with Crippen molar-refractivity contribution in [1.29, 1.82) is 0 Å². The second-order valence-electron chi connectivity index (χ2n) is 37.2. The van der Waals surface area contributed by atoms with E-state index in [2.05, 4.69) is 92.9 Å². The van der Waals surface area contributed by atoms with Crippen LogP contribution < -0.4 is 10.6 Å². The molecule has 4 unspecified atom stereocenters. The number of ether oxygens (including phenoxy) is 1. The van der Waals surface area contributed by atoms with Crippen LogP contribution in [0.3, 0.4) is 0 Å². The van der Waals surface area contributed by atoms with E-state index >= 15 is 0 Å². The summed E-state index contributed by atoms with van der Waals surface area (Å²) in [4.78, 5) is 12.4. The van der Waals surface area contributed by atoms with Crippen molar-refractivity contribution in [2.75, 3.05) is 19.4 Å². The first-order valence-corrected chi connectivity index (χ1v) is 50.7. The maximum absolute atomic E-state index is 14.6. The number of alkyl halides is 12. The molecule has 3 N–H and O–H groups in total. The van der Waals surface area contributed by atoms with E-state index in [4.69, 9.17) is 18.0 Å². The number of Topliss-reactive ketones (excluding diaryl/α,β-unsaturated/α-hetero) is 1. The fourth-order valence-electron chi connectivity index (χ4n) is 17.3. The molecule has 6 saturated carbocycles. The van der Waals surface area contributed by atoms with Gasteiger partial charge in [-0.05, 0) is 230 Å². The first kappa shape index (κ1) is 94.2. The van der Waals surface area contributed by atoms with Crippen molar-refractivity contribution < 1.29 is 95.4 Å². The van der Waals surface area contributed by atoms with Crippen molar-refractivity contribution >= 4 is 48.5 Å². The summed E-state index contributed by atoms with van der Waals surface area (Å²) < 4.78 is 199. The number of carbonyl (C=O) groups is 1. The number of aliphatic hydroxyl groups excluding tert-OH is 2. The standard InChI is InChI=1S/C32H51O3PSi2.C27H34F6O3.C22H30F6O2Si.C4H8O.CH4/c1-31(2,3)37(7,8)34-27-23-26(24-28(25-27)35-38(9,10)32(4,5)6)21-22-36(33,29-17-13-11-14-18-29)30-19-15-12-16-20-30;1-23-9-2-4-18(6-5-17-14-19(34)16-20(35)15-17)21(23)7-8-22(23)24(12-13-24)10-3-11-25(36,26(28,29)30)27(31,32)33;1-18-10-5-7-16(29)15(18)8-9-17(18)19(13-14-19)11-6-12-20(21(23,24)25,22(26,27)28)30-31(2,3)4;1-2-4-5-3-1;/h11-21,27-28H,22-25H2,1-10H3;3,5-6,8,11,19-21,34-36H,2,4,7,9-10,12-16H2,1H3;6,9,12,15H,5,7-8,10-11,13-14H2,1-4H3;1-4H2;1H4/b;11-3-,17-5?,18-6+;12-6-;;/t27-,28?;19-,20?,21?,23+;15?,18-;;/m110../s1. The molecular formula is C86H127F12O9PSi3. The number of rotatable bonds is 19. The average molecular weight is 1650 g/mol. The van der Waals surface area contributed by atoms with E-state index < -0.39 is 91.0 Å². The highest BCUT2D eigenvalue weighted by Crippen LogP contribution is 2.69. The highest BCUT2D eigenvalue weighted by molar-refractivity contribution is 7.78. The van der Waals surface area contributed by atoms with Crippen molar-refractivity contribution in [2.45, 2.75) is 320 Å². The second kappa shape index (κ2) is 35.3. The zero-order valence-corrected chi connectivity index (χ0v) is 71.3. The van der Waals surface area contributed by atoms with Gasteiger partial charge in [-0.2, -0.15) is 52.7 Å². The third kappa shape index (κ3) is 22.1. The van der Waals surface area contributed by atoms with E-state index in [1.807, 2.05) is 79.7 Å². The van der Waals surface area contributed by atoms with Crippen LogP contribution in [0.5, 0.6) is 0 Å². The van der Waals surface area contributed by atoms with E-state index in [9.17, 15) is 77.4 Å². The van der Waals surface area contributed by atoms with Gasteiger partial charge in [-0.1, -0.05) is 194 Å². The van der Waals surface area contributed by atoms with Crippen molar-refractivity contribution in [3.63, 3.8) is 0 Å². The van der Waals surface area contributed by atoms with Crippen LogP contribution in [0.4, 0.5) is 52.7 Å².